The summed E-state index contributed by atoms with van der Waals surface area (Å²) in [5.41, 5.74) is 2.52. The molecule has 1 fully saturated rings. The number of hydrogen-bond acceptors (Lipinski definition) is 1. The third kappa shape index (κ3) is 2.39. The lowest BCUT2D eigenvalue weighted by molar-refractivity contribution is -0.117. The first-order valence-electron chi connectivity index (χ1n) is 5.69. The van der Waals surface area contributed by atoms with Gasteiger partial charge in [0.15, 0.2) is 0 Å². The van der Waals surface area contributed by atoms with Gasteiger partial charge in [0.25, 0.3) is 0 Å². The van der Waals surface area contributed by atoms with Crippen LogP contribution < -0.4 is 0 Å². The molecule has 0 radical (unpaired) electrons. The predicted molar refractivity (Wildman–Crippen MR) is 64.7 cm³/mol. The molecule has 1 saturated carbocycles. The van der Waals surface area contributed by atoms with Crippen LogP contribution in [-0.4, -0.2) is 5.78 Å². The first-order chi connectivity index (χ1) is 6.88. The lowest BCUT2D eigenvalue weighted by Gasteiger charge is -2.33. The summed E-state index contributed by atoms with van der Waals surface area (Å²) >= 11 is 0. The van der Waals surface area contributed by atoms with E-state index in [0.717, 1.165) is 12.8 Å². The van der Waals surface area contributed by atoms with E-state index in [4.69, 9.17) is 0 Å². The fourth-order valence-electron chi connectivity index (χ4n) is 2.54. The molecule has 1 aliphatic carbocycles. The van der Waals surface area contributed by atoms with Gasteiger partial charge in [-0.3, -0.25) is 4.79 Å². The van der Waals surface area contributed by atoms with Crippen molar-refractivity contribution in [3.05, 3.63) is 23.8 Å². The minimum atomic E-state index is 0.0361. The smallest absolute Gasteiger partial charge is 0.134 e. The SMILES string of the molecule is C=C(C)[C@@]1(CC=C(C)C)CC(=O)C[C@H]1C. The van der Waals surface area contributed by atoms with Crippen LogP contribution in [0.5, 0.6) is 0 Å². The molecule has 1 aliphatic rings. The van der Waals surface area contributed by atoms with E-state index in [1.807, 2.05) is 0 Å². The normalized spacial score (nSPS) is 30.4. The van der Waals surface area contributed by atoms with Gasteiger partial charge < -0.3 is 0 Å². The predicted octanol–water partition coefficient (Wildman–Crippen LogP) is 3.90. The van der Waals surface area contributed by atoms with Crippen molar-refractivity contribution in [2.24, 2.45) is 11.3 Å². The zero-order valence-corrected chi connectivity index (χ0v) is 10.4. The Morgan fingerprint density at radius 2 is 2.13 bits per heavy atom. The summed E-state index contributed by atoms with van der Waals surface area (Å²) in [6.45, 7) is 12.5. The standard InChI is InChI=1S/C14H22O/c1-10(2)6-7-14(11(3)4)9-13(15)8-12(14)5/h6,12H,3,7-9H2,1-2,4-5H3/t12-,14-/m1/s1. The Morgan fingerprint density at radius 3 is 2.47 bits per heavy atom. The van der Waals surface area contributed by atoms with E-state index in [1.54, 1.807) is 0 Å². The molecule has 0 aliphatic heterocycles. The van der Waals surface area contributed by atoms with Gasteiger partial charge in [-0.25, -0.2) is 0 Å². The van der Waals surface area contributed by atoms with Crippen LogP contribution in [0.3, 0.4) is 0 Å². The van der Waals surface area contributed by atoms with Crippen LogP contribution in [0, 0.1) is 11.3 Å². The largest absolute Gasteiger partial charge is 0.300 e. The van der Waals surface area contributed by atoms with Crippen molar-refractivity contribution in [2.75, 3.05) is 0 Å². The number of hydrogen-bond donors (Lipinski definition) is 0. The molecule has 0 bridgehead atoms. The first kappa shape index (κ1) is 12.2. The number of carbonyl (C=O) groups is 1. The van der Waals surface area contributed by atoms with E-state index in [9.17, 15) is 4.79 Å². The van der Waals surface area contributed by atoms with Gasteiger partial charge in [-0.2, -0.15) is 0 Å². The van der Waals surface area contributed by atoms with Crippen molar-refractivity contribution in [1.29, 1.82) is 0 Å². The van der Waals surface area contributed by atoms with E-state index >= 15 is 0 Å². The average Bonchev–Trinajstić information content (AvgIpc) is 2.38. The molecule has 15 heavy (non-hydrogen) atoms. The molecule has 0 aromatic rings. The van der Waals surface area contributed by atoms with Crippen molar-refractivity contribution in [2.45, 2.75) is 47.0 Å². The minimum absolute atomic E-state index is 0.0361. The topological polar surface area (TPSA) is 17.1 Å². The van der Waals surface area contributed by atoms with Gasteiger partial charge in [-0.1, -0.05) is 30.7 Å². The van der Waals surface area contributed by atoms with Crippen molar-refractivity contribution in [3.63, 3.8) is 0 Å². The molecule has 1 rings (SSSR count). The maximum absolute atomic E-state index is 11.6. The number of ketones is 1. The molecule has 0 amide bonds. The van der Waals surface area contributed by atoms with Gasteiger partial charge in [-0.05, 0) is 33.1 Å². The highest BCUT2D eigenvalue weighted by atomic mass is 16.1. The van der Waals surface area contributed by atoms with E-state index in [0.29, 0.717) is 18.1 Å². The maximum Gasteiger partial charge on any atom is 0.134 e. The highest BCUT2D eigenvalue weighted by molar-refractivity contribution is 5.82. The Morgan fingerprint density at radius 1 is 1.53 bits per heavy atom. The third-order valence-corrected chi connectivity index (χ3v) is 3.71. The molecule has 2 atom stereocenters. The highest BCUT2D eigenvalue weighted by Crippen LogP contribution is 2.49. The van der Waals surface area contributed by atoms with E-state index in [-0.39, 0.29) is 5.41 Å². The second-order valence-corrected chi connectivity index (χ2v) is 5.24. The molecule has 0 heterocycles. The fraction of sp³-hybridized carbons (Fsp3) is 0.643. The Kier molecular flexibility index (Phi) is 3.54. The fourth-order valence-corrected chi connectivity index (χ4v) is 2.54. The van der Waals surface area contributed by atoms with Crippen molar-refractivity contribution in [1.82, 2.24) is 0 Å². The molecule has 1 nitrogen and oxygen atoms in total. The summed E-state index contributed by atoms with van der Waals surface area (Å²) < 4.78 is 0. The minimum Gasteiger partial charge on any atom is -0.300 e. The van der Waals surface area contributed by atoms with Crippen LogP contribution in [0.15, 0.2) is 23.8 Å². The summed E-state index contributed by atoms with van der Waals surface area (Å²) in [7, 11) is 0. The number of Topliss-reactive ketones (excluding diaryl/α,β-unsaturated/α-hetero) is 1. The van der Waals surface area contributed by atoms with Crippen LogP contribution >= 0.6 is 0 Å². The van der Waals surface area contributed by atoms with Gasteiger partial charge in [0.2, 0.25) is 0 Å². The molecular weight excluding hydrogens is 184 g/mol. The highest BCUT2D eigenvalue weighted by Gasteiger charge is 2.44. The van der Waals surface area contributed by atoms with Gasteiger partial charge >= 0.3 is 0 Å². The zero-order chi connectivity index (χ0) is 11.6. The van der Waals surface area contributed by atoms with Crippen LogP contribution in [0.4, 0.5) is 0 Å². The van der Waals surface area contributed by atoms with Gasteiger partial charge in [0.1, 0.15) is 5.78 Å². The lowest BCUT2D eigenvalue weighted by Crippen LogP contribution is -2.24. The van der Waals surface area contributed by atoms with Crippen molar-refractivity contribution < 1.29 is 4.79 Å². The first-order valence-corrected chi connectivity index (χ1v) is 5.69. The molecular formula is C14H22O. The monoisotopic (exact) mass is 206 g/mol. The summed E-state index contributed by atoms with van der Waals surface area (Å²) in [5, 5.41) is 0. The Labute approximate surface area is 93.3 Å². The molecule has 0 N–H and O–H groups in total. The molecule has 0 spiro atoms. The Hall–Kier alpha value is -0.850. The Bertz CT molecular complexity index is 307. The number of rotatable bonds is 3. The van der Waals surface area contributed by atoms with Crippen molar-refractivity contribution in [3.8, 4) is 0 Å². The van der Waals surface area contributed by atoms with Gasteiger partial charge in [0.05, 0.1) is 0 Å². The molecule has 0 saturated heterocycles. The van der Waals surface area contributed by atoms with E-state index in [1.165, 1.54) is 11.1 Å². The average molecular weight is 206 g/mol. The number of carbonyl (C=O) groups excluding carboxylic acids is 1. The van der Waals surface area contributed by atoms with Crippen LogP contribution in [-0.2, 0) is 4.79 Å². The van der Waals surface area contributed by atoms with Gasteiger partial charge in [0, 0.05) is 18.3 Å². The Balaban J connectivity index is 2.94. The molecule has 84 valence electrons. The molecule has 0 aromatic heterocycles. The van der Waals surface area contributed by atoms with E-state index < -0.39 is 0 Å². The van der Waals surface area contributed by atoms with Crippen LogP contribution in [0.25, 0.3) is 0 Å². The summed E-state index contributed by atoms with van der Waals surface area (Å²) in [5.74, 6) is 0.839. The quantitative estimate of drug-likeness (QED) is 0.640. The van der Waals surface area contributed by atoms with Crippen molar-refractivity contribution >= 4 is 5.78 Å². The molecule has 0 unspecified atom stereocenters. The number of allylic oxidation sites excluding steroid dienone is 3. The maximum atomic E-state index is 11.6. The summed E-state index contributed by atoms with van der Waals surface area (Å²) in [6.07, 6.45) is 4.62. The zero-order valence-electron chi connectivity index (χ0n) is 10.4. The van der Waals surface area contributed by atoms with Gasteiger partial charge in [-0.15, -0.1) is 0 Å². The third-order valence-electron chi connectivity index (χ3n) is 3.71. The lowest BCUT2D eigenvalue weighted by atomic mass is 9.71. The van der Waals surface area contributed by atoms with Crippen LogP contribution in [0.1, 0.15) is 47.0 Å². The second kappa shape index (κ2) is 4.34. The molecule has 0 aromatic carbocycles. The second-order valence-electron chi connectivity index (χ2n) is 5.24. The summed E-state index contributed by atoms with van der Waals surface area (Å²) in [4.78, 5) is 11.6. The van der Waals surface area contributed by atoms with Crippen LogP contribution in [0.2, 0.25) is 0 Å². The van der Waals surface area contributed by atoms with E-state index in [2.05, 4.69) is 40.3 Å². The summed E-state index contributed by atoms with van der Waals surface area (Å²) in [6, 6.07) is 0. The molecule has 1 heteroatoms.